The van der Waals surface area contributed by atoms with E-state index in [0.717, 1.165) is 36.2 Å². The van der Waals surface area contributed by atoms with Crippen molar-refractivity contribution in [1.29, 1.82) is 0 Å². The Morgan fingerprint density at radius 1 is 0.927 bits per heavy atom. The van der Waals surface area contributed by atoms with E-state index in [0.29, 0.717) is 42.4 Å². The summed E-state index contributed by atoms with van der Waals surface area (Å²) in [5.41, 5.74) is 1.07. The predicted octanol–water partition coefficient (Wildman–Crippen LogP) is 8.26. The highest BCUT2D eigenvalue weighted by Gasteiger charge is 2.64. The smallest absolute Gasteiger partial charge is 0.302 e. The van der Waals surface area contributed by atoms with Crippen molar-refractivity contribution in [2.24, 2.45) is 58.2 Å². The normalized spacial score (nSPS) is 39.0. The number of ether oxygens (including phenoxy) is 1. The molecule has 0 heterocycles. The lowest BCUT2D eigenvalue weighted by molar-refractivity contribution is -0.189. The third-order valence-electron chi connectivity index (χ3n) is 12.6. The minimum absolute atomic E-state index is 0.0215. The highest BCUT2D eigenvalue weighted by molar-refractivity contribution is 6.04. The molecule has 4 saturated carbocycles. The number of carbonyl (C=O) groups excluding carboxylic acids is 3. The van der Waals surface area contributed by atoms with E-state index in [1.807, 2.05) is 30.3 Å². The molecule has 5 rings (SSSR count). The Bertz CT molecular complexity index is 1110. The van der Waals surface area contributed by atoms with Crippen LogP contribution in [0.5, 0.6) is 0 Å². The molecule has 41 heavy (non-hydrogen) atoms. The monoisotopic (exact) mass is 562 g/mol. The molecule has 0 spiro atoms. The number of hydrogen-bond donors (Lipinski definition) is 0. The lowest BCUT2D eigenvalue weighted by atomic mass is 9.43. The van der Waals surface area contributed by atoms with Crippen molar-refractivity contribution in [2.45, 2.75) is 118 Å². The molecule has 226 valence electrons. The minimum Gasteiger partial charge on any atom is -0.462 e. The summed E-state index contributed by atoms with van der Waals surface area (Å²) < 4.78 is 6.13. The summed E-state index contributed by atoms with van der Waals surface area (Å²) in [6.07, 6.45) is 10.9. The number of Topliss-reactive ketones (excluding diaryl/α,β-unsaturated/α-hetero) is 2. The first-order valence-electron chi connectivity index (χ1n) is 16.7. The Labute approximate surface area is 248 Å². The summed E-state index contributed by atoms with van der Waals surface area (Å²) in [5.74, 6) is 3.21. The van der Waals surface area contributed by atoms with Gasteiger partial charge in [-0.1, -0.05) is 84.2 Å². The van der Waals surface area contributed by atoms with E-state index in [1.54, 1.807) is 0 Å². The first-order valence-corrected chi connectivity index (χ1v) is 16.7. The molecule has 0 bridgehead atoms. The maximum absolute atomic E-state index is 13.7. The van der Waals surface area contributed by atoms with Gasteiger partial charge in [-0.3, -0.25) is 14.4 Å². The van der Waals surface area contributed by atoms with Gasteiger partial charge in [0.05, 0.1) is 5.92 Å². The van der Waals surface area contributed by atoms with E-state index < -0.39 is 5.92 Å². The molecular weight excluding hydrogens is 508 g/mol. The molecule has 4 nitrogen and oxygen atoms in total. The van der Waals surface area contributed by atoms with Crippen molar-refractivity contribution in [1.82, 2.24) is 0 Å². The number of fused-ring (bicyclic) bond motifs is 5. The number of ketones is 2. The Morgan fingerprint density at radius 2 is 1.63 bits per heavy atom. The molecule has 1 aromatic rings. The van der Waals surface area contributed by atoms with Crippen LogP contribution in [0.25, 0.3) is 0 Å². The van der Waals surface area contributed by atoms with Crippen LogP contribution in [0, 0.1) is 58.2 Å². The fourth-order valence-electron chi connectivity index (χ4n) is 10.7. The Morgan fingerprint density at radius 3 is 2.32 bits per heavy atom. The van der Waals surface area contributed by atoms with Crippen molar-refractivity contribution in [3.63, 3.8) is 0 Å². The molecule has 0 amide bonds. The van der Waals surface area contributed by atoms with Gasteiger partial charge < -0.3 is 4.74 Å². The quantitative estimate of drug-likeness (QED) is 0.225. The van der Waals surface area contributed by atoms with Crippen LogP contribution in [0.2, 0.25) is 0 Å². The Hall–Kier alpha value is -1.97. The lowest BCUT2D eigenvalue weighted by Crippen LogP contribution is -2.60. The molecule has 4 aliphatic rings. The van der Waals surface area contributed by atoms with Crippen molar-refractivity contribution < 1.29 is 19.1 Å². The van der Waals surface area contributed by atoms with Crippen molar-refractivity contribution in [3.05, 3.63) is 35.9 Å². The van der Waals surface area contributed by atoms with E-state index in [-0.39, 0.29) is 35.0 Å². The zero-order valence-electron chi connectivity index (χ0n) is 26.5. The first-order chi connectivity index (χ1) is 19.4. The second-order valence-corrected chi connectivity index (χ2v) is 15.5. The van der Waals surface area contributed by atoms with Crippen LogP contribution in [0.4, 0.5) is 0 Å². The van der Waals surface area contributed by atoms with E-state index in [9.17, 15) is 14.4 Å². The van der Waals surface area contributed by atoms with Gasteiger partial charge in [0.15, 0.2) is 0 Å². The molecule has 4 heteroatoms. The molecule has 0 aromatic heterocycles. The summed E-state index contributed by atoms with van der Waals surface area (Å²) in [5, 5.41) is 0. The molecule has 4 fully saturated rings. The third-order valence-corrected chi connectivity index (χ3v) is 12.6. The van der Waals surface area contributed by atoms with Gasteiger partial charge in [-0.2, -0.15) is 0 Å². The Kier molecular flexibility index (Phi) is 8.89. The average Bonchev–Trinajstić information content (AvgIpc) is 3.25. The zero-order valence-corrected chi connectivity index (χ0v) is 26.5. The van der Waals surface area contributed by atoms with Gasteiger partial charge in [0.25, 0.3) is 0 Å². The van der Waals surface area contributed by atoms with Gasteiger partial charge in [0.1, 0.15) is 17.7 Å². The second kappa shape index (κ2) is 12.0. The molecule has 0 radical (unpaired) electrons. The van der Waals surface area contributed by atoms with Crippen LogP contribution in [0.3, 0.4) is 0 Å². The van der Waals surface area contributed by atoms with E-state index in [1.165, 1.54) is 45.4 Å². The number of carbonyl (C=O) groups is 3. The lowest BCUT2D eigenvalue weighted by Gasteiger charge is -2.62. The third kappa shape index (κ3) is 5.83. The van der Waals surface area contributed by atoms with E-state index >= 15 is 0 Å². The van der Waals surface area contributed by atoms with Crippen molar-refractivity contribution in [2.75, 3.05) is 0 Å². The van der Waals surface area contributed by atoms with E-state index in [4.69, 9.17) is 4.74 Å². The maximum Gasteiger partial charge on any atom is 0.302 e. The molecule has 1 aromatic carbocycles. The predicted molar refractivity (Wildman–Crippen MR) is 163 cm³/mol. The topological polar surface area (TPSA) is 60.4 Å². The number of benzene rings is 1. The van der Waals surface area contributed by atoms with E-state index in [2.05, 4.69) is 34.6 Å². The van der Waals surface area contributed by atoms with Gasteiger partial charge in [-0.15, -0.1) is 0 Å². The van der Waals surface area contributed by atoms with Gasteiger partial charge in [-0.05, 0) is 90.4 Å². The molecule has 0 aliphatic heterocycles. The number of hydrogen-bond acceptors (Lipinski definition) is 4. The Balaban J connectivity index is 1.37. The summed E-state index contributed by atoms with van der Waals surface area (Å²) >= 11 is 0. The molecule has 10 unspecified atom stereocenters. The summed E-state index contributed by atoms with van der Waals surface area (Å²) in [6.45, 7) is 13.6. The van der Waals surface area contributed by atoms with Crippen LogP contribution in [-0.4, -0.2) is 23.6 Å². The van der Waals surface area contributed by atoms with Crippen LogP contribution in [-0.2, 0) is 25.5 Å². The molecule has 10 atom stereocenters. The summed E-state index contributed by atoms with van der Waals surface area (Å²) in [4.78, 5) is 39.6. The SMILES string of the molecule is CC(=O)OC1CC2C3CCC(C(C)CCCC(C)C)C3(C)CCC2C2(C)CC(=O)C(C(=O)Cc3ccccc3)CC12. The first kappa shape index (κ1) is 30.5. The fraction of sp³-hybridized carbons (Fsp3) is 0.757. The fourth-order valence-corrected chi connectivity index (χ4v) is 10.7. The summed E-state index contributed by atoms with van der Waals surface area (Å²) in [6, 6.07) is 9.75. The van der Waals surface area contributed by atoms with Crippen molar-refractivity contribution >= 4 is 17.5 Å². The van der Waals surface area contributed by atoms with Crippen molar-refractivity contribution in [3.8, 4) is 0 Å². The number of rotatable bonds is 9. The average molecular weight is 563 g/mol. The standard InChI is InChI=1S/C37H54O4/c1-23(2)11-10-12-24(3)29-15-16-30-27-21-35(41-25(4)38)32-20-28(33(39)19-26-13-8-7-9-14-26)34(40)22-37(32,6)31(27)17-18-36(29,30)5/h7-9,13-14,23-24,27-32,35H,10-12,15-22H2,1-6H3. The highest BCUT2D eigenvalue weighted by atomic mass is 16.5. The van der Waals surface area contributed by atoms with Gasteiger partial charge in [0.2, 0.25) is 0 Å². The molecule has 4 aliphatic carbocycles. The van der Waals surface area contributed by atoms with Crippen LogP contribution < -0.4 is 0 Å². The van der Waals surface area contributed by atoms with Gasteiger partial charge >= 0.3 is 5.97 Å². The van der Waals surface area contributed by atoms with Crippen LogP contribution >= 0.6 is 0 Å². The maximum atomic E-state index is 13.7. The molecule has 0 N–H and O–H groups in total. The molecular formula is C37H54O4. The largest absolute Gasteiger partial charge is 0.462 e. The highest BCUT2D eigenvalue weighted by Crippen LogP contribution is 2.68. The summed E-state index contributed by atoms with van der Waals surface area (Å²) in [7, 11) is 0. The van der Waals surface area contributed by atoms with Crippen LogP contribution in [0.15, 0.2) is 30.3 Å². The van der Waals surface area contributed by atoms with Crippen LogP contribution in [0.1, 0.15) is 111 Å². The zero-order chi connectivity index (χ0) is 29.5. The van der Waals surface area contributed by atoms with Gasteiger partial charge in [0, 0.05) is 25.7 Å². The number of esters is 1. The second-order valence-electron chi connectivity index (χ2n) is 15.5. The van der Waals surface area contributed by atoms with Gasteiger partial charge in [-0.25, -0.2) is 0 Å². The molecule has 0 saturated heterocycles. The minimum atomic E-state index is -0.584.